The van der Waals surface area contributed by atoms with Crippen LogP contribution in [0.25, 0.3) is 43.8 Å². The molecule has 43 heavy (non-hydrogen) atoms. The summed E-state index contributed by atoms with van der Waals surface area (Å²) in [4.78, 5) is 0. The monoisotopic (exact) mass is 692 g/mol. The van der Waals surface area contributed by atoms with Gasteiger partial charge in [-0.3, -0.25) is 0 Å². The molecule has 0 aliphatic heterocycles. The minimum atomic E-state index is 0.108. The number of ether oxygens (including phenoxy) is 1. The molecule has 8 heteroatoms. The first-order valence-electron chi connectivity index (χ1n) is 12.9. The number of halogens is 2. The maximum Gasteiger partial charge on any atom is 0.130 e. The molecule has 0 fully saturated rings. The van der Waals surface area contributed by atoms with E-state index in [2.05, 4.69) is 44.0 Å². The Balaban J connectivity index is 0.000000171. The lowest BCUT2D eigenvalue weighted by molar-refractivity contribution is 0.415. The fourth-order valence-corrected chi connectivity index (χ4v) is 5.92. The van der Waals surface area contributed by atoms with Crippen LogP contribution in [0.5, 0.6) is 23.0 Å². The highest BCUT2D eigenvalue weighted by Crippen LogP contribution is 2.38. The van der Waals surface area contributed by atoms with Crippen LogP contribution >= 0.6 is 31.9 Å². The van der Waals surface area contributed by atoms with Crippen molar-refractivity contribution in [3.05, 3.63) is 117 Å². The minimum Gasteiger partial charge on any atom is -0.508 e. The molecule has 210 valence electrons. The summed E-state index contributed by atoms with van der Waals surface area (Å²) in [6.07, 6.45) is 0. The summed E-state index contributed by atoms with van der Waals surface area (Å²) in [6.45, 7) is 0. The Morgan fingerprint density at radius 3 is 1.37 bits per heavy atom. The van der Waals surface area contributed by atoms with Crippen molar-refractivity contribution < 1.29 is 20.1 Å². The average Bonchev–Trinajstić information content (AvgIpc) is 3.04. The second-order valence-corrected chi connectivity index (χ2v) is 11.1. The first-order chi connectivity index (χ1) is 20.7. The number of nitriles is 2. The Kier molecular flexibility index (Phi) is 8.54. The Bertz CT molecular complexity index is 2080. The van der Waals surface area contributed by atoms with Gasteiger partial charge in [0.05, 0.1) is 39.3 Å². The third-order valence-electron chi connectivity index (χ3n) is 6.93. The molecule has 6 rings (SSSR count). The van der Waals surface area contributed by atoms with E-state index in [9.17, 15) is 25.8 Å². The molecular weight excluding hydrogens is 672 g/mol. The van der Waals surface area contributed by atoms with Crippen LogP contribution < -0.4 is 4.74 Å². The fourth-order valence-electron chi connectivity index (χ4n) is 4.77. The average molecular weight is 694 g/mol. The maximum atomic E-state index is 9.81. The van der Waals surface area contributed by atoms with Crippen LogP contribution in [-0.4, -0.2) is 22.4 Å². The lowest BCUT2D eigenvalue weighted by Crippen LogP contribution is -1.87. The van der Waals surface area contributed by atoms with Crippen molar-refractivity contribution in [3.63, 3.8) is 0 Å². The number of nitrogens with zero attached hydrogens (tertiary/aromatic N) is 2. The van der Waals surface area contributed by atoms with E-state index in [4.69, 9.17) is 4.74 Å². The molecule has 0 radical (unpaired) electrons. The van der Waals surface area contributed by atoms with E-state index >= 15 is 0 Å². The summed E-state index contributed by atoms with van der Waals surface area (Å²) in [6, 6.07) is 33.2. The number of fused-ring (bicyclic) bond motifs is 2. The fraction of sp³-hybridized carbons (Fsp3) is 0.0286. The van der Waals surface area contributed by atoms with Gasteiger partial charge in [-0.05, 0) is 126 Å². The van der Waals surface area contributed by atoms with Gasteiger partial charge in [0.25, 0.3) is 0 Å². The van der Waals surface area contributed by atoms with Crippen molar-refractivity contribution in [2.24, 2.45) is 0 Å². The molecule has 0 aliphatic carbocycles. The van der Waals surface area contributed by atoms with Gasteiger partial charge in [0.2, 0.25) is 0 Å². The van der Waals surface area contributed by atoms with Gasteiger partial charge in [-0.1, -0.05) is 36.4 Å². The van der Waals surface area contributed by atoms with E-state index < -0.39 is 0 Å². The van der Waals surface area contributed by atoms with Crippen LogP contribution in [-0.2, 0) is 0 Å². The lowest BCUT2D eigenvalue weighted by Gasteiger charge is -2.09. The molecule has 0 unspecified atom stereocenters. The Labute approximate surface area is 264 Å². The smallest absolute Gasteiger partial charge is 0.130 e. The molecule has 0 bridgehead atoms. The maximum absolute atomic E-state index is 9.81. The van der Waals surface area contributed by atoms with Crippen molar-refractivity contribution in [2.45, 2.75) is 0 Å². The lowest BCUT2D eigenvalue weighted by atomic mass is 9.97. The second-order valence-electron chi connectivity index (χ2n) is 9.54. The molecule has 0 saturated carbocycles. The van der Waals surface area contributed by atoms with Crippen molar-refractivity contribution in [2.75, 3.05) is 7.11 Å². The molecule has 0 atom stereocenters. The van der Waals surface area contributed by atoms with Gasteiger partial charge in [0.15, 0.2) is 0 Å². The second kappa shape index (κ2) is 12.5. The van der Waals surface area contributed by atoms with Crippen LogP contribution in [0.15, 0.2) is 106 Å². The van der Waals surface area contributed by atoms with Crippen molar-refractivity contribution >= 4 is 53.4 Å². The zero-order valence-electron chi connectivity index (χ0n) is 22.6. The van der Waals surface area contributed by atoms with Gasteiger partial charge in [-0.25, -0.2) is 0 Å². The molecule has 0 spiro atoms. The summed E-state index contributed by atoms with van der Waals surface area (Å²) in [5.74, 6) is 1.23. The molecular formula is C35H22Br2N2O4. The topological polar surface area (TPSA) is 118 Å². The van der Waals surface area contributed by atoms with E-state index in [0.29, 0.717) is 25.5 Å². The van der Waals surface area contributed by atoms with E-state index in [1.165, 1.54) is 0 Å². The summed E-state index contributed by atoms with van der Waals surface area (Å²) >= 11 is 6.68. The van der Waals surface area contributed by atoms with Gasteiger partial charge in [0.1, 0.15) is 23.0 Å². The van der Waals surface area contributed by atoms with Gasteiger partial charge in [-0.15, -0.1) is 0 Å². The molecule has 0 aliphatic rings. The molecule has 0 saturated heterocycles. The summed E-state index contributed by atoms with van der Waals surface area (Å²) < 4.78 is 6.23. The first-order valence-corrected chi connectivity index (χ1v) is 14.5. The van der Waals surface area contributed by atoms with E-state index in [0.717, 1.165) is 44.2 Å². The third kappa shape index (κ3) is 5.98. The van der Waals surface area contributed by atoms with E-state index in [-0.39, 0.29) is 17.2 Å². The van der Waals surface area contributed by atoms with Gasteiger partial charge < -0.3 is 20.1 Å². The summed E-state index contributed by atoms with van der Waals surface area (Å²) in [5.41, 5.74) is 4.75. The van der Waals surface area contributed by atoms with E-state index in [1.54, 1.807) is 55.6 Å². The summed E-state index contributed by atoms with van der Waals surface area (Å²) in [5, 5.41) is 50.9. The van der Waals surface area contributed by atoms with Crippen LogP contribution in [0.2, 0.25) is 0 Å². The zero-order chi connectivity index (χ0) is 30.7. The Hall–Kier alpha value is -5.02. The molecule has 6 aromatic rings. The SMILES string of the molecule is COc1ccc(-c2cc(C#N)c3c(Br)c(O)ccc3c2)cc1.N#Cc1cc(-c2ccc(O)cc2)cc2ccc(O)c(Br)c12. The highest BCUT2D eigenvalue weighted by Gasteiger charge is 2.13. The Morgan fingerprint density at radius 1 is 0.558 bits per heavy atom. The quantitative estimate of drug-likeness (QED) is 0.170. The number of hydrogen-bond donors (Lipinski definition) is 3. The highest BCUT2D eigenvalue weighted by molar-refractivity contribution is 9.11. The minimum absolute atomic E-state index is 0.108. The number of benzene rings is 6. The number of methoxy groups -OCH3 is 1. The molecule has 6 aromatic carbocycles. The third-order valence-corrected chi connectivity index (χ3v) is 8.54. The number of rotatable bonds is 3. The number of hydrogen-bond acceptors (Lipinski definition) is 6. The van der Waals surface area contributed by atoms with Crippen molar-refractivity contribution in [1.29, 1.82) is 10.5 Å². The summed E-state index contributed by atoms with van der Waals surface area (Å²) in [7, 11) is 1.63. The van der Waals surface area contributed by atoms with Gasteiger partial charge in [-0.2, -0.15) is 10.5 Å². The predicted octanol–water partition coefficient (Wildman–Crippen LogP) is 9.41. The Morgan fingerprint density at radius 2 is 0.977 bits per heavy atom. The van der Waals surface area contributed by atoms with Crippen LogP contribution in [0.1, 0.15) is 11.1 Å². The normalized spacial score (nSPS) is 10.4. The van der Waals surface area contributed by atoms with Crippen LogP contribution in [0.4, 0.5) is 0 Å². The molecule has 3 N–H and O–H groups in total. The van der Waals surface area contributed by atoms with Crippen LogP contribution in [0.3, 0.4) is 0 Å². The van der Waals surface area contributed by atoms with E-state index in [1.807, 2.05) is 48.5 Å². The highest BCUT2D eigenvalue weighted by atomic mass is 79.9. The number of phenolic OH excluding ortho intramolecular Hbond substituents is 3. The van der Waals surface area contributed by atoms with Crippen molar-refractivity contribution in [3.8, 4) is 57.4 Å². The number of phenols is 3. The predicted molar refractivity (Wildman–Crippen MR) is 175 cm³/mol. The van der Waals surface area contributed by atoms with Crippen LogP contribution in [0, 0.1) is 22.7 Å². The number of aromatic hydroxyl groups is 3. The standard InChI is InChI=1S/C18H12BrNO2.C17H10BrNO2/c1-22-15-5-2-11(3-6-15)13-8-12-4-7-16(21)18(19)17(12)14(9-13)10-20;18-17-15(21)6-3-11-7-12(8-13(9-19)16(11)17)10-1-4-14(20)5-2-10/h2-9,21H,1H3;1-8,20-21H. The van der Waals surface area contributed by atoms with Gasteiger partial charge >= 0.3 is 0 Å². The molecule has 0 heterocycles. The van der Waals surface area contributed by atoms with Crippen molar-refractivity contribution in [1.82, 2.24) is 0 Å². The first kappa shape index (κ1) is 29.5. The largest absolute Gasteiger partial charge is 0.508 e. The zero-order valence-corrected chi connectivity index (χ0v) is 25.8. The molecule has 0 amide bonds. The van der Waals surface area contributed by atoms with Gasteiger partial charge in [0, 0.05) is 10.8 Å². The molecule has 0 aromatic heterocycles. The molecule has 6 nitrogen and oxygen atoms in total.